The maximum absolute atomic E-state index is 5.26. The lowest BCUT2D eigenvalue weighted by Crippen LogP contribution is -2.03. The van der Waals surface area contributed by atoms with E-state index in [1.54, 1.807) is 7.11 Å². The Hall–Kier alpha value is -1.52. The Morgan fingerprint density at radius 1 is 1.17 bits per heavy atom. The van der Waals surface area contributed by atoms with Gasteiger partial charge in [0.1, 0.15) is 6.79 Å². The van der Waals surface area contributed by atoms with E-state index in [4.69, 9.17) is 9.47 Å². The number of ether oxygens (including phenoxy) is 2. The van der Waals surface area contributed by atoms with Gasteiger partial charge in [-0.1, -0.05) is 0 Å². The van der Waals surface area contributed by atoms with Crippen molar-refractivity contribution in [2.75, 3.05) is 20.5 Å². The van der Waals surface area contributed by atoms with E-state index in [2.05, 4.69) is 29.0 Å². The van der Waals surface area contributed by atoms with Crippen LogP contribution in [0.5, 0.6) is 0 Å². The van der Waals surface area contributed by atoms with Gasteiger partial charge < -0.3 is 9.47 Å². The highest BCUT2D eigenvalue weighted by Crippen LogP contribution is 2.16. The number of pyridine rings is 2. The Kier molecular flexibility index (Phi) is 4.23. The quantitative estimate of drug-likeness (QED) is 0.600. The van der Waals surface area contributed by atoms with E-state index in [0.717, 1.165) is 28.8 Å². The zero-order chi connectivity index (χ0) is 13.0. The van der Waals surface area contributed by atoms with E-state index in [1.165, 1.54) is 5.56 Å². The largest absolute Gasteiger partial charge is 0.359 e. The molecule has 4 heteroatoms. The number of hydrogen-bond donors (Lipinski definition) is 0. The van der Waals surface area contributed by atoms with E-state index in [9.17, 15) is 0 Å². The number of hydrogen-bond acceptors (Lipinski definition) is 4. The maximum Gasteiger partial charge on any atom is 0.159 e. The fourth-order valence-electron chi connectivity index (χ4n) is 1.93. The lowest BCUT2D eigenvalue weighted by Gasteiger charge is -2.06. The molecule has 2 aromatic rings. The Bertz CT molecular complexity index is 541. The number of nitrogens with zero attached hydrogens (tertiary/aromatic N) is 2. The molecule has 2 rings (SSSR count). The summed E-state index contributed by atoms with van der Waals surface area (Å²) in [5, 5.41) is 1.11. The van der Waals surface area contributed by atoms with Crippen molar-refractivity contribution < 1.29 is 9.47 Å². The van der Waals surface area contributed by atoms with Crippen LogP contribution in [0.15, 0.2) is 18.2 Å². The average Bonchev–Trinajstić information content (AvgIpc) is 2.34. The third-order valence-corrected chi connectivity index (χ3v) is 2.77. The van der Waals surface area contributed by atoms with E-state index in [0.29, 0.717) is 13.4 Å². The van der Waals surface area contributed by atoms with E-state index in [-0.39, 0.29) is 0 Å². The minimum Gasteiger partial charge on any atom is -0.359 e. The molecular weight excluding hydrogens is 228 g/mol. The monoisotopic (exact) mass is 246 g/mol. The minimum atomic E-state index is 0.323. The van der Waals surface area contributed by atoms with Gasteiger partial charge in [-0.2, -0.15) is 0 Å². The summed E-state index contributed by atoms with van der Waals surface area (Å²) in [6.07, 6.45) is 0.772. The summed E-state index contributed by atoms with van der Waals surface area (Å²) >= 11 is 0. The Balaban J connectivity index is 2.16. The molecule has 0 aromatic carbocycles. The first-order chi connectivity index (χ1) is 8.70. The number of methoxy groups -OCH3 is 1. The molecule has 4 nitrogen and oxygen atoms in total. The molecule has 0 unspecified atom stereocenters. The summed E-state index contributed by atoms with van der Waals surface area (Å²) in [5.41, 5.74) is 4.03. The van der Waals surface area contributed by atoms with Gasteiger partial charge in [0.25, 0.3) is 0 Å². The lowest BCUT2D eigenvalue weighted by atomic mass is 10.1. The Morgan fingerprint density at radius 3 is 2.78 bits per heavy atom. The molecule has 0 saturated heterocycles. The molecule has 2 heterocycles. The second-order valence-electron chi connectivity index (χ2n) is 4.32. The molecule has 0 amide bonds. The van der Waals surface area contributed by atoms with Crippen molar-refractivity contribution in [2.45, 2.75) is 20.3 Å². The van der Waals surface area contributed by atoms with Gasteiger partial charge in [-0.15, -0.1) is 0 Å². The second-order valence-corrected chi connectivity index (χ2v) is 4.32. The van der Waals surface area contributed by atoms with Crippen molar-refractivity contribution >= 4 is 11.0 Å². The van der Waals surface area contributed by atoms with Crippen LogP contribution < -0.4 is 0 Å². The van der Waals surface area contributed by atoms with Crippen molar-refractivity contribution in [1.29, 1.82) is 0 Å². The molecule has 18 heavy (non-hydrogen) atoms. The van der Waals surface area contributed by atoms with Gasteiger partial charge >= 0.3 is 0 Å². The molecule has 0 radical (unpaired) electrons. The Labute approximate surface area is 107 Å². The van der Waals surface area contributed by atoms with Crippen molar-refractivity contribution in [3.05, 3.63) is 35.2 Å². The van der Waals surface area contributed by atoms with Crippen LogP contribution in [0.1, 0.15) is 17.0 Å². The number of aryl methyl sites for hydroxylation is 2. The van der Waals surface area contributed by atoms with Crippen molar-refractivity contribution in [3.63, 3.8) is 0 Å². The fourth-order valence-corrected chi connectivity index (χ4v) is 1.93. The predicted molar refractivity (Wildman–Crippen MR) is 70.5 cm³/mol. The molecule has 0 saturated carbocycles. The van der Waals surface area contributed by atoms with Crippen LogP contribution in [-0.4, -0.2) is 30.5 Å². The second kappa shape index (κ2) is 5.89. The van der Waals surface area contributed by atoms with E-state index >= 15 is 0 Å². The Morgan fingerprint density at radius 2 is 2.00 bits per heavy atom. The van der Waals surface area contributed by atoms with Crippen LogP contribution in [-0.2, 0) is 15.9 Å². The average molecular weight is 246 g/mol. The molecule has 2 aromatic heterocycles. The summed E-state index contributed by atoms with van der Waals surface area (Å²) in [5.74, 6) is 0. The van der Waals surface area contributed by atoms with Crippen molar-refractivity contribution in [3.8, 4) is 0 Å². The first-order valence-corrected chi connectivity index (χ1v) is 6.01. The van der Waals surface area contributed by atoms with Crippen LogP contribution in [0.2, 0.25) is 0 Å². The van der Waals surface area contributed by atoms with Crippen LogP contribution in [0.4, 0.5) is 0 Å². The predicted octanol–water partition coefficient (Wildman–Crippen LogP) is 2.41. The molecule has 0 aliphatic rings. The highest BCUT2D eigenvalue weighted by Gasteiger charge is 2.03. The minimum absolute atomic E-state index is 0.323. The highest BCUT2D eigenvalue weighted by molar-refractivity contribution is 5.78. The third kappa shape index (κ3) is 3.03. The summed E-state index contributed by atoms with van der Waals surface area (Å²) in [7, 11) is 1.61. The van der Waals surface area contributed by atoms with Gasteiger partial charge in [0.05, 0.1) is 6.61 Å². The molecule has 0 fully saturated rings. The van der Waals surface area contributed by atoms with Crippen molar-refractivity contribution in [2.24, 2.45) is 0 Å². The smallest absolute Gasteiger partial charge is 0.159 e. The topological polar surface area (TPSA) is 44.2 Å². The number of aromatic nitrogens is 2. The summed E-state index contributed by atoms with van der Waals surface area (Å²) in [6.45, 7) is 5.00. The third-order valence-electron chi connectivity index (χ3n) is 2.77. The molecule has 0 atom stereocenters. The lowest BCUT2D eigenvalue weighted by molar-refractivity contribution is -0.0293. The van der Waals surface area contributed by atoms with Gasteiger partial charge in [0, 0.05) is 30.3 Å². The number of rotatable bonds is 5. The first-order valence-electron chi connectivity index (χ1n) is 6.01. The molecule has 0 aliphatic heterocycles. The SMILES string of the molecule is COCOCCc1ccc2c(C)cc(C)nc2n1. The molecule has 0 N–H and O–H groups in total. The van der Waals surface area contributed by atoms with Crippen molar-refractivity contribution in [1.82, 2.24) is 9.97 Å². The summed E-state index contributed by atoms with van der Waals surface area (Å²) < 4.78 is 10.1. The first kappa shape index (κ1) is 12.9. The zero-order valence-corrected chi connectivity index (χ0v) is 11.1. The number of fused-ring (bicyclic) bond motifs is 1. The fraction of sp³-hybridized carbons (Fsp3) is 0.429. The van der Waals surface area contributed by atoms with Gasteiger partial charge in [-0.25, -0.2) is 9.97 Å². The molecule has 0 spiro atoms. The molecule has 96 valence electrons. The van der Waals surface area contributed by atoms with Gasteiger partial charge in [-0.3, -0.25) is 0 Å². The molecule has 0 bridgehead atoms. The zero-order valence-electron chi connectivity index (χ0n) is 11.1. The van der Waals surface area contributed by atoms with Gasteiger partial charge in [-0.05, 0) is 37.6 Å². The van der Waals surface area contributed by atoms with E-state index in [1.807, 2.05) is 13.0 Å². The van der Waals surface area contributed by atoms with Crippen LogP contribution >= 0.6 is 0 Å². The van der Waals surface area contributed by atoms with E-state index < -0.39 is 0 Å². The van der Waals surface area contributed by atoms with Gasteiger partial charge in [0.15, 0.2) is 5.65 Å². The van der Waals surface area contributed by atoms with Gasteiger partial charge in [0.2, 0.25) is 0 Å². The summed E-state index contributed by atoms with van der Waals surface area (Å²) in [4.78, 5) is 9.03. The highest BCUT2D eigenvalue weighted by atomic mass is 16.7. The standard InChI is InChI=1S/C14H18N2O2/c1-10-8-11(2)15-14-13(10)5-4-12(16-14)6-7-18-9-17-3/h4-5,8H,6-7,9H2,1-3H3. The van der Waals surface area contributed by atoms with Crippen LogP contribution in [0, 0.1) is 13.8 Å². The van der Waals surface area contributed by atoms with Crippen LogP contribution in [0.3, 0.4) is 0 Å². The maximum atomic E-state index is 5.26. The van der Waals surface area contributed by atoms with Crippen LogP contribution in [0.25, 0.3) is 11.0 Å². The normalized spacial score (nSPS) is 11.1. The molecule has 0 aliphatic carbocycles. The summed E-state index contributed by atoms with van der Waals surface area (Å²) in [6, 6.07) is 6.18. The molecular formula is C14H18N2O2.